The molecule has 0 aliphatic carbocycles. The minimum Gasteiger partial charge on any atom is -0.508 e. The van der Waals surface area contributed by atoms with Gasteiger partial charge in [-0.3, -0.25) is 14.4 Å². The Bertz CT molecular complexity index is 1540. The number of nitrogens with zero attached hydrogens (tertiary/aromatic N) is 1. The van der Waals surface area contributed by atoms with Gasteiger partial charge < -0.3 is 39.2 Å². The second kappa shape index (κ2) is 19.1. The van der Waals surface area contributed by atoms with Crippen LogP contribution in [0.3, 0.4) is 0 Å². The number of Topliss-reactive ketones (excluding diaryl/α,β-unsaturated/α-hetero) is 2. The molecule has 2 saturated heterocycles. The minimum atomic E-state index is -2.50. The molecular weight excluding hydrogens is 682 g/mol. The third kappa shape index (κ3) is 10.5. The molecule has 1 aromatic rings. The van der Waals surface area contributed by atoms with Gasteiger partial charge in [0.25, 0.3) is 11.7 Å². The first kappa shape index (κ1) is 42.1. The predicted octanol–water partition coefficient (Wildman–Crippen LogP) is 4.83. The molecule has 292 valence electrons. The molecule has 3 heterocycles. The summed E-state index contributed by atoms with van der Waals surface area (Å²) in [5, 5.41) is 33.2. The number of carbonyl (C=O) groups is 4. The molecule has 5 unspecified atom stereocenters. The fourth-order valence-corrected chi connectivity index (χ4v) is 7.70. The molecule has 3 aliphatic rings. The van der Waals surface area contributed by atoms with Crippen molar-refractivity contribution in [3.63, 3.8) is 0 Å². The number of rotatable bonds is 6. The Morgan fingerprint density at radius 3 is 2.49 bits per heavy atom. The van der Waals surface area contributed by atoms with Gasteiger partial charge in [-0.05, 0) is 88.5 Å². The number of hydrogen-bond donors (Lipinski definition) is 3. The molecule has 0 saturated carbocycles. The van der Waals surface area contributed by atoms with E-state index in [0.29, 0.717) is 49.7 Å². The monoisotopic (exact) mass is 739 g/mol. The van der Waals surface area contributed by atoms with Gasteiger partial charge >= 0.3 is 5.97 Å². The normalized spacial score (nSPS) is 34.3. The zero-order valence-corrected chi connectivity index (χ0v) is 31.7. The van der Waals surface area contributed by atoms with E-state index in [1.165, 1.54) is 26.4 Å². The van der Waals surface area contributed by atoms with Crippen molar-refractivity contribution in [2.45, 2.75) is 127 Å². The maximum atomic E-state index is 14.0. The highest BCUT2D eigenvalue weighted by Gasteiger charge is 2.56. The van der Waals surface area contributed by atoms with Gasteiger partial charge in [-0.2, -0.15) is 0 Å². The lowest BCUT2D eigenvalue weighted by Crippen LogP contribution is -2.64. The summed E-state index contributed by atoms with van der Waals surface area (Å²) in [6.07, 6.45) is 4.33. The van der Waals surface area contributed by atoms with Crippen LogP contribution in [-0.4, -0.2) is 107 Å². The molecule has 0 spiro atoms. The predicted molar refractivity (Wildman–Crippen MR) is 197 cm³/mol. The largest absolute Gasteiger partial charge is 0.508 e. The lowest BCUT2D eigenvalue weighted by Gasteiger charge is -2.46. The van der Waals surface area contributed by atoms with Crippen LogP contribution in [0.5, 0.6) is 5.75 Å². The fourth-order valence-electron chi connectivity index (χ4n) is 7.70. The van der Waals surface area contributed by atoms with E-state index in [1.54, 1.807) is 38.1 Å². The number of ketones is 2. The van der Waals surface area contributed by atoms with Gasteiger partial charge in [0, 0.05) is 45.4 Å². The van der Waals surface area contributed by atoms with Crippen LogP contribution in [0.1, 0.15) is 90.5 Å². The number of ether oxygens (including phenoxy) is 4. The van der Waals surface area contributed by atoms with Gasteiger partial charge in [0.1, 0.15) is 29.8 Å². The molecular formula is C41H57NO11. The van der Waals surface area contributed by atoms with E-state index in [1.807, 2.05) is 13.0 Å². The molecule has 4 rings (SSSR count). The molecule has 0 radical (unpaired) electrons. The average Bonchev–Trinajstić information content (AvgIpc) is 3.12. The van der Waals surface area contributed by atoms with Crippen LogP contribution in [0.2, 0.25) is 0 Å². The van der Waals surface area contributed by atoms with Crippen molar-refractivity contribution in [2.75, 3.05) is 20.8 Å². The molecule has 3 N–H and O–H groups in total. The van der Waals surface area contributed by atoms with Crippen molar-refractivity contribution < 1.29 is 53.4 Å². The van der Waals surface area contributed by atoms with Crippen LogP contribution >= 0.6 is 0 Å². The number of phenols is 1. The summed E-state index contributed by atoms with van der Waals surface area (Å²) in [6, 6.07) is 5.34. The lowest BCUT2D eigenvalue weighted by atomic mass is 9.83. The van der Waals surface area contributed by atoms with Crippen molar-refractivity contribution in [3.05, 3.63) is 59.7 Å². The number of esters is 1. The van der Waals surface area contributed by atoms with Gasteiger partial charge in [0.15, 0.2) is 0 Å². The van der Waals surface area contributed by atoms with Gasteiger partial charge in [0.2, 0.25) is 5.79 Å². The number of cyclic esters (lactones) is 1. The molecule has 9 atom stereocenters. The van der Waals surface area contributed by atoms with Crippen LogP contribution < -0.4 is 0 Å². The van der Waals surface area contributed by atoms with E-state index in [4.69, 9.17) is 18.9 Å². The van der Waals surface area contributed by atoms with Crippen LogP contribution in [0, 0.1) is 11.8 Å². The van der Waals surface area contributed by atoms with E-state index in [9.17, 15) is 34.5 Å². The zero-order chi connectivity index (χ0) is 38.9. The minimum absolute atomic E-state index is 0.0402. The first-order valence-corrected chi connectivity index (χ1v) is 18.7. The van der Waals surface area contributed by atoms with Crippen molar-refractivity contribution in [1.29, 1.82) is 0 Å². The number of allylic oxidation sites excluding steroid dienone is 3. The summed E-state index contributed by atoms with van der Waals surface area (Å²) in [5.74, 6) is -7.02. The number of phenolic OH excluding ortho intramolecular Hbond substituents is 1. The average molecular weight is 740 g/mol. The molecule has 2 bridgehead atoms. The molecule has 1 amide bonds. The Balaban J connectivity index is 1.75. The van der Waals surface area contributed by atoms with Crippen LogP contribution in [0.15, 0.2) is 54.1 Å². The fraction of sp³-hybridized carbons (Fsp3) is 0.610. The number of aliphatic hydroxyl groups is 2. The third-order valence-electron chi connectivity index (χ3n) is 10.8. The highest BCUT2D eigenvalue weighted by atomic mass is 16.7. The maximum Gasteiger partial charge on any atom is 0.329 e. The standard InChI is InChI=1S/C41H57NO11/c1-7-12-29-19-25(2)13-10-17-34(50-5)37-36(51-6)21-27(4)41(49,53-37)38(46)39(47)42-18-9-8-16-32(42)40(48)52-35(24-31(44)23-33(29)45)26(3)20-28-14-11-15-30(43)22-28/h7,11,14-15,19-20,22,27,29,31-32,34-37,43-44,49H,1,8-10,12-13,16-18,21,23-24H2,2-6H3/b25-19+,26-20+/t27?,29?,31-,32-,34-,35-,36?,37?,41?/m0/s1. The summed E-state index contributed by atoms with van der Waals surface area (Å²) in [6.45, 7) is 9.16. The maximum absolute atomic E-state index is 14.0. The molecule has 1 aromatic carbocycles. The molecule has 0 aromatic heterocycles. The van der Waals surface area contributed by atoms with E-state index in [-0.39, 0.29) is 43.8 Å². The first-order valence-electron chi connectivity index (χ1n) is 18.7. The van der Waals surface area contributed by atoms with E-state index >= 15 is 0 Å². The van der Waals surface area contributed by atoms with Crippen molar-refractivity contribution in [1.82, 2.24) is 4.90 Å². The molecule has 12 heteroatoms. The highest BCUT2D eigenvalue weighted by Crippen LogP contribution is 2.38. The molecule has 53 heavy (non-hydrogen) atoms. The molecule has 12 nitrogen and oxygen atoms in total. The number of aromatic hydroxyl groups is 1. The highest BCUT2D eigenvalue weighted by molar-refractivity contribution is 6.39. The summed E-state index contributed by atoms with van der Waals surface area (Å²) >= 11 is 0. The first-order chi connectivity index (χ1) is 25.2. The van der Waals surface area contributed by atoms with Crippen LogP contribution in [0.4, 0.5) is 0 Å². The van der Waals surface area contributed by atoms with E-state index in [2.05, 4.69) is 6.58 Å². The zero-order valence-electron chi connectivity index (χ0n) is 31.7. The Morgan fingerprint density at radius 2 is 1.81 bits per heavy atom. The number of amides is 1. The Labute approximate surface area is 312 Å². The third-order valence-corrected chi connectivity index (χ3v) is 10.8. The van der Waals surface area contributed by atoms with Crippen molar-refractivity contribution >= 4 is 29.5 Å². The SMILES string of the molecule is C=CCC1/C=C(\C)CCC[C@H](OC)C2OC(O)(C(=O)C(=O)N3CCCC[C@H]3C(=O)O[C@H](/C(C)=C/c3cccc(O)c3)C[C@@H](O)CC1=O)C(C)CC2OC. The number of benzene rings is 1. The quantitative estimate of drug-likeness (QED) is 0.208. The smallest absolute Gasteiger partial charge is 0.329 e. The van der Waals surface area contributed by atoms with Gasteiger partial charge in [-0.25, -0.2) is 4.79 Å². The Hall–Kier alpha value is -3.68. The van der Waals surface area contributed by atoms with Gasteiger partial charge in [0.05, 0.1) is 18.3 Å². The lowest BCUT2D eigenvalue weighted by molar-refractivity contribution is -0.302. The van der Waals surface area contributed by atoms with E-state index < -0.39 is 71.8 Å². The number of methoxy groups -OCH3 is 2. The number of fused-ring (bicyclic) bond motifs is 3. The number of aliphatic hydroxyl groups excluding tert-OH is 1. The summed E-state index contributed by atoms with van der Waals surface area (Å²) in [5.41, 5.74) is 2.10. The second-order valence-electron chi connectivity index (χ2n) is 14.8. The summed E-state index contributed by atoms with van der Waals surface area (Å²) < 4.78 is 23.8. The Kier molecular flexibility index (Phi) is 15.1. The number of piperidine rings is 1. The molecule has 3 aliphatic heterocycles. The number of carbonyl (C=O) groups excluding carboxylic acids is 4. The summed E-state index contributed by atoms with van der Waals surface area (Å²) in [7, 11) is 3.03. The van der Waals surface area contributed by atoms with Crippen LogP contribution in [0.25, 0.3) is 6.08 Å². The second-order valence-corrected chi connectivity index (χ2v) is 14.8. The van der Waals surface area contributed by atoms with Crippen LogP contribution in [-0.2, 0) is 38.1 Å². The number of hydrogen-bond acceptors (Lipinski definition) is 11. The molecule has 2 fully saturated rings. The van der Waals surface area contributed by atoms with Crippen molar-refractivity contribution in [3.8, 4) is 5.75 Å². The summed E-state index contributed by atoms with van der Waals surface area (Å²) in [4.78, 5) is 56.8. The topological polar surface area (TPSA) is 169 Å². The van der Waals surface area contributed by atoms with E-state index in [0.717, 1.165) is 10.5 Å². The Morgan fingerprint density at radius 1 is 1.08 bits per heavy atom. The van der Waals surface area contributed by atoms with Gasteiger partial charge in [-0.1, -0.05) is 42.9 Å². The van der Waals surface area contributed by atoms with Gasteiger partial charge in [-0.15, -0.1) is 6.58 Å². The van der Waals surface area contributed by atoms with Crippen molar-refractivity contribution in [2.24, 2.45) is 11.8 Å².